The molecule has 2 rings (SSSR count). The maximum Gasteiger partial charge on any atom is 0.0811 e. The molecule has 0 aliphatic heterocycles. The molecule has 1 aromatic rings. The summed E-state index contributed by atoms with van der Waals surface area (Å²) in [6.07, 6.45) is 2.35. The molecule has 118 valence electrons. The molecule has 2 atom stereocenters. The summed E-state index contributed by atoms with van der Waals surface area (Å²) >= 11 is 0. The molecule has 0 bridgehead atoms. The first kappa shape index (κ1) is 16.5. The van der Waals surface area contributed by atoms with Crippen molar-refractivity contribution in [2.45, 2.75) is 58.3 Å². The normalized spacial score (nSPS) is 21.5. The van der Waals surface area contributed by atoms with Crippen molar-refractivity contribution in [2.24, 2.45) is 0 Å². The lowest BCUT2D eigenvalue weighted by Crippen LogP contribution is -2.32. The largest absolute Gasteiger partial charge is 0.373 e. The van der Waals surface area contributed by atoms with Crippen LogP contribution in [0, 0.1) is 0 Å². The zero-order valence-electron chi connectivity index (χ0n) is 13.8. The van der Waals surface area contributed by atoms with Crippen molar-refractivity contribution in [1.82, 2.24) is 5.32 Å². The Hall–Kier alpha value is -0.900. The van der Waals surface area contributed by atoms with Crippen LogP contribution in [-0.2, 0) is 15.9 Å². The number of fused-ring (bicyclic) bond motifs is 1. The Morgan fingerprint density at radius 3 is 2.67 bits per heavy atom. The summed E-state index contributed by atoms with van der Waals surface area (Å²) in [6, 6.07) is 8.98. The second kappa shape index (κ2) is 7.39. The van der Waals surface area contributed by atoms with Gasteiger partial charge in [0.25, 0.3) is 0 Å². The van der Waals surface area contributed by atoms with E-state index in [4.69, 9.17) is 9.47 Å². The molecular formula is C18H29NO2. The summed E-state index contributed by atoms with van der Waals surface area (Å²) in [4.78, 5) is 0. The van der Waals surface area contributed by atoms with Crippen molar-refractivity contribution < 1.29 is 9.47 Å². The van der Waals surface area contributed by atoms with Crippen molar-refractivity contribution >= 4 is 0 Å². The van der Waals surface area contributed by atoms with E-state index in [9.17, 15) is 0 Å². The molecule has 0 spiro atoms. The SMILES string of the molecule is CCCNC1c2ccccc2CC1OCCOC(C)(C)C. The second-order valence-corrected chi connectivity index (χ2v) is 6.70. The van der Waals surface area contributed by atoms with Gasteiger partial charge in [0.1, 0.15) is 0 Å². The fraction of sp³-hybridized carbons (Fsp3) is 0.667. The van der Waals surface area contributed by atoms with Gasteiger partial charge in [-0.25, -0.2) is 0 Å². The quantitative estimate of drug-likeness (QED) is 0.780. The van der Waals surface area contributed by atoms with Gasteiger partial charge in [0, 0.05) is 6.42 Å². The van der Waals surface area contributed by atoms with Crippen molar-refractivity contribution in [3.8, 4) is 0 Å². The Bertz CT molecular complexity index is 439. The average Bonchev–Trinajstić information content (AvgIpc) is 2.78. The number of ether oxygens (including phenoxy) is 2. The number of rotatable bonds is 7. The Morgan fingerprint density at radius 2 is 1.95 bits per heavy atom. The van der Waals surface area contributed by atoms with E-state index in [1.54, 1.807) is 0 Å². The fourth-order valence-corrected chi connectivity index (χ4v) is 2.80. The van der Waals surface area contributed by atoms with E-state index in [1.807, 2.05) is 0 Å². The molecule has 1 aliphatic rings. The van der Waals surface area contributed by atoms with Gasteiger partial charge >= 0.3 is 0 Å². The molecule has 1 N–H and O–H groups in total. The number of nitrogens with one attached hydrogen (secondary N) is 1. The highest BCUT2D eigenvalue weighted by atomic mass is 16.5. The standard InChI is InChI=1S/C18H29NO2/c1-5-10-19-17-15-9-7-6-8-14(15)13-16(17)20-11-12-21-18(2,3)4/h6-9,16-17,19H,5,10-13H2,1-4H3. The Kier molecular flexibility index (Phi) is 5.80. The second-order valence-electron chi connectivity index (χ2n) is 6.70. The van der Waals surface area contributed by atoms with Gasteiger partial charge in [-0.2, -0.15) is 0 Å². The highest BCUT2D eigenvalue weighted by Gasteiger charge is 2.32. The minimum Gasteiger partial charge on any atom is -0.373 e. The Balaban J connectivity index is 1.90. The first-order chi connectivity index (χ1) is 10.0. The van der Waals surface area contributed by atoms with Crippen molar-refractivity contribution in [2.75, 3.05) is 19.8 Å². The lowest BCUT2D eigenvalue weighted by molar-refractivity contribution is -0.0559. The Labute approximate surface area is 129 Å². The molecule has 0 aromatic heterocycles. The highest BCUT2D eigenvalue weighted by Crippen LogP contribution is 2.33. The molecule has 21 heavy (non-hydrogen) atoms. The van der Waals surface area contributed by atoms with E-state index >= 15 is 0 Å². The van der Waals surface area contributed by atoms with Crippen molar-refractivity contribution in [3.63, 3.8) is 0 Å². The van der Waals surface area contributed by atoms with E-state index < -0.39 is 0 Å². The monoisotopic (exact) mass is 291 g/mol. The predicted octanol–water partition coefficient (Wildman–Crippen LogP) is 3.48. The zero-order chi connectivity index (χ0) is 15.3. The van der Waals surface area contributed by atoms with E-state index in [2.05, 4.69) is 57.3 Å². The molecule has 0 saturated heterocycles. The van der Waals surface area contributed by atoms with E-state index in [-0.39, 0.29) is 11.7 Å². The minimum absolute atomic E-state index is 0.0954. The predicted molar refractivity (Wildman–Crippen MR) is 86.6 cm³/mol. The van der Waals surface area contributed by atoms with Crippen LogP contribution in [0.3, 0.4) is 0 Å². The highest BCUT2D eigenvalue weighted by molar-refractivity contribution is 5.36. The van der Waals surface area contributed by atoms with E-state index in [0.29, 0.717) is 19.3 Å². The van der Waals surface area contributed by atoms with Gasteiger partial charge in [-0.3, -0.25) is 0 Å². The van der Waals surface area contributed by atoms with Crippen LogP contribution in [0.25, 0.3) is 0 Å². The third-order valence-corrected chi connectivity index (χ3v) is 3.75. The molecule has 0 amide bonds. The van der Waals surface area contributed by atoms with E-state index in [0.717, 1.165) is 19.4 Å². The molecule has 0 radical (unpaired) electrons. The topological polar surface area (TPSA) is 30.5 Å². The van der Waals surface area contributed by atoms with Crippen LogP contribution >= 0.6 is 0 Å². The van der Waals surface area contributed by atoms with Crippen LogP contribution in [0.4, 0.5) is 0 Å². The maximum absolute atomic E-state index is 6.10. The molecule has 1 aromatic carbocycles. The van der Waals surface area contributed by atoms with Gasteiger partial charge in [-0.05, 0) is 44.9 Å². The van der Waals surface area contributed by atoms with Gasteiger partial charge in [0.05, 0.1) is 31.0 Å². The smallest absolute Gasteiger partial charge is 0.0811 e. The molecule has 0 heterocycles. The molecule has 3 nitrogen and oxygen atoms in total. The van der Waals surface area contributed by atoms with Crippen molar-refractivity contribution in [1.29, 1.82) is 0 Å². The maximum atomic E-state index is 6.10. The average molecular weight is 291 g/mol. The number of benzene rings is 1. The van der Waals surface area contributed by atoms with Crippen LogP contribution in [0.5, 0.6) is 0 Å². The van der Waals surface area contributed by atoms with Crippen LogP contribution in [0.15, 0.2) is 24.3 Å². The minimum atomic E-state index is -0.0954. The molecular weight excluding hydrogens is 262 g/mol. The summed E-state index contributed by atoms with van der Waals surface area (Å²) < 4.78 is 11.8. The summed E-state index contributed by atoms with van der Waals surface area (Å²) in [7, 11) is 0. The van der Waals surface area contributed by atoms with Crippen LogP contribution in [-0.4, -0.2) is 31.5 Å². The van der Waals surface area contributed by atoms with Crippen molar-refractivity contribution in [3.05, 3.63) is 35.4 Å². The van der Waals surface area contributed by atoms with Gasteiger partial charge in [0.2, 0.25) is 0 Å². The van der Waals surface area contributed by atoms with Crippen LogP contribution in [0.2, 0.25) is 0 Å². The zero-order valence-corrected chi connectivity index (χ0v) is 13.8. The summed E-state index contributed by atoms with van der Waals surface area (Å²) in [5, 5.41) is 3.63. The van der Waals surface area contributed by atoms with Gasteiger partial charge in [-0.1, -0.05) is 31.2 Å². The lowest BCUT2D eigenvalue weighted by atomic mass is 10.1. The van der Waals surface area contributed by atoms with Gasteiger partial charge in [-0.15, -0.1) is 0 Å². The summed E-state index contributed by atoms with van der Waals surface area (Å²) in [5.41, 5.74) is 2.71. The van der Waals surface area contributed by atoms with Gasteiger partial charge < -0.3 is 14.8 Å². The lowest BCUT2D eigenvalue weighted by Gasteiger charge is -2.24. The number of hydrogen-bond acceptors (Lipinski definition) is 3. The Morgan fingerprint density at radius 1 is 1.19 bits per heavy atom. The first-order valence-electron chi connectivity index (χ1n) is 8.08. The first-order valence-corrected chi connectivity index (χ1v) is 8.08. The van der Waals surface area contributed by atoms with Gasteiger partial charge in [0.15, 0.2) is 0 Å². The fourth-order valence-electron chi connectivity index (χ4n) is 2.80. The molecule has 2 unspecified atom stereocenters. The number of hydrogen-bond donors (Lipinski definition) is 1. The third-order valence-electron chi connectivity index (χ3n) is 3.75. The van der Waals surface area contributed by atoms with E-state index in [1.165, 1.54) is 11.1 Å². The molecule has 3 heteroatoms. The van der Waals surface area contributed by atoms with Crippen LogP contribution in [0.1, 0.15) is 51.3 Å². The molecule has 1 aliphatic carbocycles. The third kappa shape index (κ3) is 4.80. The van der Waals surface area contributed by atoms with Crippen LogP contribution < -0.4 is 5.32 Å². The summed E-state index contributed by atoms with van der Waals surface area (Å²) in [6.45, 7) is 10.7. The molecule has 0 saturated carbocycles. The molecule has 0 fully saturated rings. The summed E-state index contributed by atoms with van der Waals surface area (Å²) in [5.74, 6) is 0.